The van der Waals surface area contributed by atoms with Crippen LogP contribution in [0.4, 0.5) is 13.2 Å². The fraction of sp³-hybridized carbons (Fsp3) is 0.462. The van der Waals surface area contributed by atoms with Crippen molar-refractivity contribution in [3.8, 4) is 17.6 Å². The summed E-state index contributed by atoms with van der Waals surface area (Å²) in [6.07, 6.45) is -6.50. The van der Waals surface area contributed by atoms with E-state index < -0.39 is 46.3 Å². The summed E-state index contributed by atoms with van der Waals surface area (Å²) < 4.78 is 83.5. The monoisotopic (exact) mass is 569 g/mol. The molecule has 3 rings (SSSR count). The lowest BCUT2D eigenvalue weighted by Gasteiger charge is -2.35. The number of hydrogen-bond donors (Lipinski definition) is 1. The lowest BCUT2D eigenvalue weighted by molar-refractivity contribution is -0.206. The Hall–Kier alpha value is -3.34. The molecule has 0 unspecified atom stereocenters. The van der Waals surface area contributed by atoms with Gasteiger partial charge in [0.05, 0.1) is 17.5 Å². The smallest absolute Gasteiger partial charge is 0.454 e. The summed E-state index contributed by atoms with van der Waals surface area (Å²) >= 11 is 0. The minimum Gasteiger partial charge on any atom is -0.454 e. The third kappa shape index (κ3) is 8.08. The van der Waals surface area contributed by atoms with Crippen LogP contribution < -0.4 is 15.2 Å². The number of benzene rings is 2. The molecule has 0 bridgehead atoms. The Morgan fingerprint density at radius 1 is 1.15 bits per heavy atom. The van der Waals surface area contributed by atoms with Crippen molar-refractivity contribution in [3.63, 3.8) is 0 Å². The van der Waals surface area contributed by atoms with Crippen LogP contribution in [0.1, 0.15) is 32.3 Å². The Morgan fingerprint density at radius 2 is 1.82 bits per heavy atom. The number of halogens is 3. The molecule has 1 aliphatic heterocycles. The van der Waals surface area contributed by atoms with Gasteiger partial charge in [-0.3, -0.25) is 0 Å². The lowest BCUT2D eigenvalue weighted by Crippen LogP contribution is -2.51. The molecule has 0 saturated heterocycles. The summed E-state index contributed by atoms with van der Waals surface area (Å²) in [7, 11) is -4.37. The van der Waals surface area contributed by atoms with Crippen molar-refractivity contribution in [2.75, 3.05) is 19.9 Å². The molecule has 212 valence electrons. The van der Waals surface area contributed by atoms with Gasteiger partial charge >= 0.3 is 12.1 Å². The number of rotatable bonds is 12. The number of carbonyl (C=O) groups excluding carboxylic acids is 1. The molecule has 0 amide bonds. The van der Waals surface area contributed by atoms with Gasteiger partial charge in [-0.25, -0.2) is 13.2 Å². The molecular formula is C26H30F3N3O6S. The highest BCUT2D eigenvalue weighted by Gasteiger charge is 2.44. The molecule has 1 heterocycles. The molecule has 13 heteroatoms. The molecule has 2 atom stereocenters. The van der Waals surface area contributed by atoms with Gasteiger partial charge in [0.15, 0.2) is 11.5 Å². The van der Waals surface area contributed by atoms with Crippen LogP contribution in [-0.2, 0) is 26.0 Å². The summed E-state index contributed by atoms with van der Waals surface area (Å²) in [5, 5.41) is 9.04. The van der Waals surface area contributed by atoms with Gasteiger partial charge in [-0.05, 0) is 36.0 Å². The van der Waals surface area contributed by atoms with Crippen molar-refractivity contribution in [2.24, 2.45) is 11.1 Å². The topological polar surface area (TPSA) is 132 Å². The average Bonchev–Trinajstić information content (AvgIpc) is 3.34. The number of alkyl halides is 3. The zero-order chi connectivity index (χ0) is 28.8. The van der Waals surface area contributed by atoms with E-state index in [-0.39, 0.29) is 36.8 Å². The average molecular weight is 570 g/mol. The summed E-state index contributed by atoms with van der Waals surface area (Å²) in [5.41, 5.74) is 6.15. The standard InChI is InChI=1S/C26H30F3N3O6S/c1-25(2,11-6-12-30)16-32(39(34,35)19-9-10-21-22(14-19)37-17-36-21)15-23(38-24(33)26(27,28)29)20(31)13-18-7-4-3-5-8-18/h3-5,7-10,14,20,23H,6,11,13,15-17,31H2,1-2H3/t20-,23+/m0/s1. The van der Waals surface area contributed by atoms with Gasteiger partial charge in [-0.1, -0.05) is 44.2 Å². The molecule has 0 spiro atoms. The molecule has 0 aliphatic carbocycles. The second-order valence-corrected chi connectivity index (χ2v) is 11.9. The highest BCUT2D eigenvalue weighted by atomic mass is 32.2. The van der Waals surface area contributed by atoms with Crippen LogP contribution in [0.3, 0.4) is 0 Å². The van der Waals surface area contributed by atoms with E-state index in [1.165, 1.54) is 18.2 Å². The summed E-state index contributed by atoms with van der Waals surface area (Å²) in [6, 6.07) is 13.4. The molecule has 0 fully saturated rings. The van der Waals surface area contributed by atoms with E-state index in [9.17, 15) is 26.4 Å². The SMILES string of the molecule is CC(C)(CCC#N)CN(C[C@@H](OC(=O)C(F)(F)F)[C@@H](N)Cc1ccccc1)S(=O)(=O)c1ccc2c(c1)OCO2. The number of ether oxygens (including phenoxy) is 3. The van der Waals surface area contributed by atoms with E-state index in [1.54, 1.807) is 44.2 Å². The summed E-state index contributed by atoms with van der Waals surface area (Å²) in [5.74, 6) is -1.93. The summed E-state index contributed by atoms with van der Waals surface area (Å²) in [6.45, 7) is 2.53. The van der Waals surface area contributed by atoms with Gasteiger partial charge in [0.25, 0.3) is 0 Å². The first kappa shape index (κ1) is 30.2. The minimum absolute atomic E-state index is 0.0202. The largest absolute Gasteiger partial charge is 0.490 e. The molecule has 0 aromatic heterocycles. The van der Waals surface area contributed by atoms with Crippen molar-refractivity contribution in [2.45, 2.75) is 56.3 Å². The maximum Gasteiger partial charge on any atom is 0.490 e. The van der Waals surface area contributed by atoms with E-state index in [1.807, 2.05) is 6.07 Å². The highest BCUT2D eigenvalue weighted by molar-refractivity contribution is 7.89. The van der Waals surface area contributed by atoms with Crippen molar-refractivity contribution < 1.29 is 40.6 Å². The number of carbonyl (C=O) groups is 1. The quantitative estimate of drug-likeness (QED) is 0.382. The maximum absolute atomic E-state index is 13.8. The Kier molecular flexibility index (Phi) is 9.47. The molecule has 9 nitrogen and oxygen atoms in total. The second kappa shape index (κ2) is 12.2. The maximum atomic E-state index is 13.8. The van der Waals surface area contributed by atoms with Gasteiger partial charge in [0.1, 0.15) is 6.10 Å². The third-order valence-electron chi connectivity index (χ3n) is 6.16. The Morgan fingerprint density at radius 3 is 2.46 bits per heavy atom. The van der Waals surface area contributed by atoms with Gasteiger partial charge in [-0.15, -0.1) is 0 Å². The highest BCUT2D eigenvalue weighted by Crippen LogP contribution is 2.36. The first-order valence-electron chi connectivity index (χ1n) is 12.1. The van der Waals surface area contributed by atoms with E-state index in [4.69, 9.17) is 25.2 Å². The Balaban J connectivity index is 1.99. The van der Waals surface area contributed by atoms with Crippen LogP contribution in [0, 0.1) is 16.7 Å². The normalized spacial score (nSPS) is 15.0. The van der Waals surface area contributed by atoms with Crippen molar-refractivity contribution in [1.82, 2.24) is 4.31 Å². The van der Waals surface area contributed by atoms with Crippen molar-refractivity contribution >= 4 is 16.0 Å². The number of hydrogen-bond acceptors (Lipinski definition) is 8. The van der Waals surface area contributed by atoms with Crippen LogP contribution in [0.2, 0.25) is 0 Å². The summed E-state index contributed by atoms with van der Waals surface area (Å²) in [4.78, 5) is 11.7. The first-order chi connectivity index (χ1) is 18.2. The number of esters is 1. The molecule has 0 radical (unpaired) electrons. The third-order valence-corrected chi connectivity index (χ3v) is 7.97. The van der Waals surface area contributed by atoms with E-state index in [0.29, 0.717) is 17.7 Å². The van der Waals surface area contributed by atoms with Gasteiger partial charge < -0.3 is 19.9 Å². The Bertz CT molecular complexity index is 1300. The minimum atomic E-state index is -5.31. The van der Waals surface area contributed by atoms with Gasteiger partial charge in [0, 0.05) is 25.1 Å². The molecule has 2 aromatic carbocycles. The van der Waals surface area contributed by atoms with E-state index in [0.717, 1.165) is 4.31 Å². The number of sulfonamides is 1. The van der Waals surface area contributed by atoms with Crippen LogP contribution in [0.5, 0.6) is 11.5 Å². The first-order valence-corrected chi connectivity index (χ1v) is 13.5. The zero-order valence-electron chi connectivity index (χ0n) is 21.5. The van der Waals surface area contributed by atoms with E-state index in [2.05, 4.69) is 0 Å². The predicted molar refractivity (Wildman–Crippen MR) is 134 cm³/mol. The van der Waals surface area contributed by atoms with Crippen LogP contribution >= 0.6 is 0 Å². The van der Waals surface area contributed by atoms with Crippen LogP contribution in [0.15, 0.2) is 53.4 Å². The fourth-order valence-corrected chi connectivity index (χ4v) is 5.72. The van der Waals surface area contributed by atoms with Crippen LogP contribution in [0.25, 0.3) is 0 Å². The number of fused-ring (bicyclic) bond motifs is 1. The predicted octanol–water partition coefficient (Wildman–Crippen LogP) is 3.78. The molecular weight excluding hydrogens is 539 g/mol. The van der Waals surface area contributed by atoms with Crippen molar-refractivity contribution in [1.29, 1.82) is 5.26 Å². The Labute approximate surface area is 225 Å². The van der Waals surface area contributed by atoms with Crippen molar-refractivity contribution in [3.05, 3.63) is 54.1 Å². The molecule has 39 heavy (non-hydrogen) atoms. The number of nitrogens with zero attached hydrogens (tertiary/aromatic N) is 2. The second-order valence-electron chi connectivity index (χ2n) is 9.93. The number of nitrogens with two attached hydrogens (primary N) is 1. The van der Waals surface area contributed by atoms with Crippen LogP contribution in [-0.4, -0.2) is 56.9 Å². The fourth-order valence-electron chi connectivity index (χ4n) is 4.07. The lowest BCUT2D eigenvalue weighted by atomic mass is 9.88. The van der Waals surface area contributed by atoms with Gasteiger partial charge in [0.2, 0.25) is 16.8 Å². The van der Waals surface area contributed by atoms with Gasteiger partial charge in [-0.2, -0.15) is 22.7 Å². The number of nitriles is 1. The molecule has 2 N–H and O–H groups in total. The molecule has 2 aromatic rings. The molecule has 0 saturated carbocycles. The zero-order valence-corrected chi connectivity index (χ0v) is 22.3. The molecule has 1 aliphatic rings. The van der Waals surface area contributed by atoms with E-state index >= 15 is 0 Å².